The number of nitrogen functional groups attached to an aromatic ring is 1. The van der Waals surface area contributed by atoms with Crippen molar-refractivity contribution in [1.29, 1.82) is 0 Å². The summed E-state index contributed by atoms with van der Waals surface area (Å²) in [6, 6.07) is 11.8. The van der Waals surface area contributed by atoms with Crippen molar-refractivity contribution in [2.24, 2.45) is 20.5 Å². The number of benzene rings is 4. The van der Waals surface area contributed by atoms with Crippen molar-refractivity contribution in [3.05, 3.63) is 60.7 Å². The normalized spacial score (nSPS) is 12.7. The van der Waals surface area contributed by atoms with Gasteiger partial charge in [-0.25, -0.2) is 32.6 Å². The van der Waals surface area contributed by atoms with Crippen molar-refractivity contribution in [3.8, 4) is 5.75 Å². The fourth-order valence-electron chi connectivity index (χ4n) is 4.33. The molecule has 30 heteroatoms. The minimum Gasteiger partial charge on any atom is -0.505 e. The topological polar surface area (TPSA) is 353 Å². The van der Waals surface area contributed by atoms with Crippen LogP contribution in [0.15, 0.2) is 101 Å². The van der Waals surface area contributed by atoms with Crippen LogP contribution in [0.1, 0.15) is 0 Å². The summed E-state index contributed by atoms with van der Waals surface area (Å²) in [7, 11) is -13.2. The molecule has 0 saturated heterocycles. The van der Waals surface area contributed by atoms with Gasteiger partial charge in [-0.15, -0.1) is 28.3 Å². The van der Waals surface area contributed by atoms with E-state index in [0.717, 1.165) is 12.1 Å². The van der Waals surface area contributed by atoms with Gasteiger partial charge in [0, 0.05) is 10.8 Å². The van der Waals surface area contributed by atoms with Gasteiger partial charge >= 0.3 is 0 Å². The van der Waals surface area contributed by atoms with Crippen LogP contribution in [-0.4, -0.2) is 75.4 Å². The number of azo groups is 2. The van der Waals surface area contributed by atoms with Crippen LogP contribution in [0.5, 0.6) is 5.75 Å². The molecule has 7 N–H and O–H groups in total. The van der Waals surface area contributed by atoms with Gasteiger partial charge in [0.05, 0.1) is 62.8 Å². The van der Waals surface area contributed by atoms with E-state index < -0.39 is 74.8 Å². The van der Waals surface area contributed by atoms with E-state index in [9.17, 15) is 34.9 Å². The Kier molecular flexibility index (Phi) is 16.6. The molecule has 0 aliphatic carbocycles. The Bertz CT molecular complexity index is 2400. The molecule has 0 amide bonds. The largest absolute Gasteiger partial charge is 0.505 e. The number of nitrogens with two attached hydrogens (primary N) is 1. The quantitative estimate of drug-likeness (QED) is 0.00974. The number of anilines is 1. The summed E-state index contributed by atoms with van der Waals surface area (Å²) in [4.78, 5) is -1.84. The standard InChI is InChI=1S/C26H25N5O19S6/c27-20-6-5-18-19(24(20)30-28-15-2-1-3-16(12-15)54(36,37)10-8-43-52-49-46-34)14-22(51-48-45-33)25(26(18)32)31-29-21-7-4-17(13-23(21)56(40,41)42)55(38,39)11-9-44-53-50-47-35/h1-7,12-14,32-35H,8-11,27H2,(H,40,41,42)/b30-28+,31-29+. The molecule has 4 rings (SSSR count). The fraction of sp³-hybridized carbons (Fsp3) is 0.154. The molecule has 4 aromatic carbocycles. The Morgan fingerprint density at radius 2 is 1.27 bits per heavy atom. The van der Waals surface area contributed by atoms with E-state index >= 15 is 0 Å². The number of phenolic OH excluding ortho intramolecular Hbond substituents is 1. The molecule has 0 unspecified atom stereocenters. The zero-order valence-corrected chi connectivity index (χ0v) is 32.3. The molecule has 24 nitrogen and oxygen atoms in total. The SMILES string of the molecule is Nc1ccc2c(O)c(/N=N/c3ccc(S(=O)(=O)CCOSOOO)cc3S(=O)(=O)O)c(SOOO)cc2c1/N=N/c1cccc(S(=O)(=O)CCOSOOO)c1. The summed E-state index contributed by atoms with van der Waals surface area (Å²) in [5.74, 6) is -1.81. The van der Waals surface area contributed by atoms with Gasteiger partial charge in [-0.2, -0.15) is 13.5 Å². The first-order valence-electron chi connectivity index (χ1n) is 14.4. The number of rotatable bonds is 22. The smallest absolute Gasteiger partial charge is 0.296 e. The van der Waals surface area contributed by atoms with Crippen molar-refractivity contribution in [2.45, 2.75) is 19.6 Å². The number of fused-ring (bicyclic) bond motifs is 1. The molecule has 0 atom stereocenters. The molecule has 0 heterocycles. The third kappa shape index (κ3) is 12.2. The van der Waals surface area contributed by atoms with Gasteiger partial charge < -0.3 is 10.8 Å². The Balaban J connectivity index is 1.71. The van der Waals surface area contributed by atoms with Crippen LogP contribution < -0.4 is 5.73 Å². The molecule has 0 fully saturated rings. The van der Waals surface area contributed by atoms with E-state index in [1.165, 1.54) is 42.5 Å². The first-order chi connectivity index (χ1) is 26.6. The number of sulfone groups is 2. The third-order valence-electron chi connectivity index (χ3n) is 6.74. The van der Waals surface area contributed by atoms with Crippen molar-refractivity contribution < 1.29 is 87.2 Å². The second-order valence-corrected chi connectivity index (χ2v) is 17.5. The van der Waals surface area contributed by atoms with Gasteiger partial charge in [-0.3, -0.25) is 12.9 Å². The van der Waals surface area contributed by atoms with Gasteiger partial charge in [0.25, 0.3) is 10.1 Å². The third-order valence-corrected chi connectivity index (χ3v) is 12.4. The second-order valence-electron chi connectivity index (χ2n) is 10.1. The molecule has 0 spiro atoms. The number of aromatic hydroxyl groups is 1. The lowest BCUT2D eigenvalue weighted by Gasteiger charge is -2.12. The van der Waals surface area contributed by atoms with Crippen molar-refractivity contribution in [1.82, 2.24) is 0 Å². The van der Waals surface area contributed by atoms with E-state index in [4.69, 9.17) is 29.9 Å². The molecular weight excluding hydrogens is 879 g/mol. The summed E-state index contributed by atoms with van der Waals surface area (Å²) in [5.41, 5.74) is 5.25. The maximum Gasteiger partial charge on any atom is 0.296 e. The molecule has 4 aromatic rings. The highest BCUT2D eigenvalue weighted by atomic mass is 32.2. The lowest BCUT2D eigenvalue weighted by atomic mass is 10.1. The molecule has 0 aliphatic heterocycles. The zero-order valence-electron chi connectivity index (χ0n) is 27.4. The van der Waals surface area contributed by atoms with Crippen LogP contribution in [0.3, 0.4) is 0 Å². The van der Waals surface area contributed by atoms with E-state index in [2.05, 4.69) is 48.6 Å². The predicted octanol–water partition coefficient (Wildman–Crippen LogP) is 6.18. The average molecular weight is 904 g/mol. The van der Waals surface area contributed by atoms with Crippen molar-refractivity contribution >= 4 is 106 Å². The molecule has 0 radical (unpaired) electrons. The number of hydrogen-bond acceptors (Lipinski definition) is 26. The molecule has 0 aliphatic rings. The Hall–Kier alpha value is -3.64. The molecule has 56 heavy (non-hydrogen) atoms. The lowest BCUT2D eigenvalue weighted by molar-refractivity contribution is -0.434. The first kappa shape index (κ1) is 45.1. The number of hydrogen-bond donors (Lipinski definition) is 6. The second kappa shape index (κ2) is 20.7. The van der Waals surface area contributed by atoms with Gasteiger partial charge in [-0.05, 0) is 54.6 Å². The number of nitrogens with zero attached hydrogens (tertiary/aromatic N) is 4. The summed E-state index contributed by atoms with van der Waals surface area (Å²) >= 11 is 0.617. The fourth-order valence-corrected chi connectivity index (χ4v) is 8.42. The van der Waals surface area contributed by atoms with Gasteiger partial charge in [-0.1, -0.05) is 21.2 Å². The lowest BCUT2D eigenvalue weighted by Crippen LogP contribution is -2.12. The highest BCUT2D eigenvalue weighted by Gasteiger charge is 2.24. The molecule has 0 aromatic heterocycles. The number of phenols is 1. The molecular formula is C26H25N5O19S6. The Morgan fingerprint density at radius 1 is 0.661 bits per heavy atom. The van der Waals surface area contributed by atoms with Crippen LogP contribution in [0.25, 0.3) is 10.8 Å². The van der Waals surface area contributed by atoms with Gasteiger partial charge in [0.1, 0.15) is 22.0 Å². The van der Waals surface area contributed by atoms with Crippen LogP contribution in [-0.2, 0) is 66.3 Å². The van der Waals surface area contributed by atoms with Crippen molar-refractivity contribution in [2.75, 3.05) is 30.5 Å². The minimum atomic E-state index is -5.14. The van der Waals surface area contributed by atoms with E-state index in [-0.39, 0.29) is 80.9 Å². The molecule has 0 saturated carbocycles. The minimum absolute atomic E-state index is 0.0221. The molecule has 0 bridgehead atoms. The van der Waals surface area contributed by atoms with Crippen LogP contribution in [0, 0.1) is 0 Å². The first-order valence-corrected chi connectivity index (χ1v) is 21.2. The maximum absolute atomic E-state index is 12.8. The summed E-state index contributed by atoms with van der Waals surface area (Å²) in [5, 5.41) is 62.7. The van der Waals surface area contributed by atoms with Gasteiger partial charge in [0.2, 0.25) is 0 Å². The van der Waals surface area contributed by atoms with Crippen LogP contribution >= 0.6 is 36.7 Å². The highest BCUT2D eigenvalue weighted by Crippen LogP contribution is 2.48. The van der Waals surface area contributed by atoms with Crippen LogP contribution in [0.4, 0.5) is 28.4 Å². The zero-order chi connectivity index (χ0) is 40.9. The maximum atomic E-state index is 12.8. The summed E-state index contributed by atoms with van der Waals surface area (Å²) in [6.07, 6.45) is 0. The monoisotopic (exact) mass is 903 g/mol. The Morgan fingerprint density at radius 3 is 1.88 bits per heavy atom. The summed E-state index contributed by atoms with van der Waals surface area (Å²) in [6.45, 7) is -0.829. The van der Waals surface area contributed by atoms with E-state index in [0.29, 0.717) is 6.07 Å². The predicted molar refractivity (Wildman–Crippen MR) is 193 cm³/mol. The Labute approximate surface area is 328 Å². The highest BCUT2D eigenvalue weighted by molar-refractivity contribution is 7.94. The molecule has 304 valence electrons. The van der Waals surface area contributed by atoms with Crippen LogP contribution in [0.2, 0.25) is 0 Å². The van der Waals surface area contributed by atoms with E-state index in [1.54, 1.807) is 0 Å². The van der Waals surface area contributed by atoms with Gasteiger partial charge in [0.15, 0.2) is 50.1 Å². The van der Waals surface area contributed by atoms with E-state index in [1.807, 2.05) is 0 Å². The average Bonchev–Trinajstić information content (AvgIpc) is 3.15. The summed E-state index contributed by atoms with van der Waals surface area (Å²) < 4.78 is 108. The van der Waals surface area contributed by atoms with Crippen molar-refractivity contribution in [3.63, 3.8) is 0 Å².